The summed E-state index contributed by atoms with van der Waals surface area (Å²) in [7, 11) is 0. The maximum Gasteiger partial charge on any atom is 0.0892 e. The Labute approximate surface area is 192 Å². The minimum atomic E-state index is 0.725. The Morgan fingerprint density at radius 1 is 0.871 bits per heavy atom. The second-order valence-corrected chi connectivity index (χ2v) is 8.65. The predicted octanol–water partition coefficient (Wildman–Crippen LogP) is 8.12. The number of hydrogen-bond donors (Lipinski definition) is 1. The van der Waals surface area contributed by atoms with E-state index in [-0.39, 0.29) is 0 Å². The number of halogens is 2. The summed E-state index contributed by atoms with van der Waals surface area (Å²) in [5, 5.41) is 4.94. The summed E-state index contributed by atoms with van der Waals surface area (Å²) >= 11 is 12.2. The highest BCUT2D eigenvalue weighted by Gasteiger charge is 2.29. The molecule has 3 aromatic rings. The highest BCUT2D eigenvalue weighted by Crippen LogP contribution is 2.45. The van der Waals surface area contributed by atoms with Crippen LogP contribution in [-0.2, 0) is 0 Å². The standard InChI is InChI=1S/C26H21Cl2N3/c1-16-3-13-23-26(17(16)2)31(22-11-6-19(28)7-12-22)25-14-10-21(15-24(25)30-23)29-20-8-4-18(27)5-9-20/h3-9,11-15,29H,10H2,1-2H3. The number of aryl methyl sites for hydroxylation is 1. The first-order valence-corrected chi connectivity index (χ1v) is 10.9. The van der Waals surface area contributed by atoms with Crippen molar-refractivity contribution in [3.63, 3.8) is 0 Å². The third kappa shape index (κ3) is 3.76. The van der Waals surface area contributed by atoms with E-state index in [9.17, 15) is 0 Å². The van der Waals surface area contributed by atoms with Gasteiger partial charge in [-0.25, -0.2) is 4.99 Å². The van der Waals surface area contributed by atoms with Gasteiger partial charge in [0.25, 0.3) is 0 Å². The Morgan fingerprint density at radius 2 is 1.55 bits per heavy atom. The molecule has 2 aliphatic rings. The average Bonchev–Trinajstić information content (AvgIpc) is 2.77. The molecule has 154 valence electrons. The van der Waals surface area contributed by atoms with Gasteiger partial charge in [-0.15, -0.1) is 0 Å². The Hall–Kier alpha value is -3.01. The van der Waals surface area contributed by atoms with Gasteiger partial charge in [0.15, 0.2) is 0 Å². The average molecular weight is 446 g/mol. The quantitative estimate of drug-likeness (QED) is 0.440. The van der Waals surface area contributed by atoms with Gasteiger partial charge in [0.2, 0.25) is 0 Å². The van der Waals surface area contributed by atoms with Gasteiger partial charge in [0.05, 0.1) is 22.8 Å². The smallest absolute Gasteiger partial charge is 0.0892 e. The second kappa shape index (κ2) is 7.92. The van der Waals surface area contributed by atoms with E-state index in [1.165, 1.54) is 11.1 Å². The van der Waals surface area contributed by atoms with Crippen molar-refractivity contribution >= 4 is 51.7 Å². The lowest BCUT2D eigenvalue weighted by molar-refractivity contribution is 1.10. The number of allylic oxidation sites excluding steroid dienone is 2. The number of aliphatic imine (C=N–C) groups is 1. The van der Waals surface area contributed by atoms with Crippen LogP contribution in [0.1, 0.15) is 17.5 Å². The molecule has 0 bridgehead atoms. The number of benzene rings is 3. The molecule has 0 spiro atoms. The zero-order chi connectivity index (χ0) is 21.5. The third-order valence-electron chi connectivity index (χ3n) is 5.71. The molecule has 1 aliphatic heterocycles. The van der Waals surface area contributed by atoms with Crippen molar-refractivity contribution in [2.75, 3.05) is 10.2 Å². The molecular weight excluding hydrogens is 425 g/mol. The van der Waals surface area contributed by atoms with Gasteiger partial charge < -0.3 is 10.2 Å². The molecular formula is C26H21Cl2N3. The minimum Gasteiger partial charge on any atom is -0.359 e. The van der Waals surface area contributed by atoms with Crippen molar-refractivity contribution in [3.8, 4) is 0 Å². The summed E-state index contributed by atoms with van der Waals surface area (Å²) in [4.78, 5) is 7.31. The summed E-state index contributed by atoms with van der Waals surface area (Å²) < 4.78 is 0. The summed E-state index contributed by atoms with van der Waals surface area (Å²) in [6, 6.07) is 19.9. The molecule has 0 radical (unpaired) electrons. The molecule has 0 aromatic heterocycles. The van der Waals surface area contributed by atoms with E-state index in [1.807, 2.05) is 36.4 Å². The largest absolute Gasteiger partial charge is 0.359 e. The predicted molar refractivity (Wildman–Crippen MR) is 132 cm³/mol. The molecule has 0 unspecified atom stereocenters. The van der Waals surface area contributed by atoms with Crippen LogP contribution < -0.4 is 10.2 Å². The molecule has 5 heteroatoms. The second-order valence-electron chi connectivity index (χ2n) is 7.78. The summed E-state index contributed by atoms with van der Waals surface area (Å²) in [6.07, 6.45) is 5.14. The number of fused-ring (bicyclic) bond motifs is 2. The Balaban J connectivity index is 1.59. The fourth-order valence-corrected chi connectivity index (χ4v) is 4.23. The van der Waals surface area contributed by atoms with Gasteiger partial charge in [0, 0.05) is 33.5 Å². The van der Waals surface area contributed by atoms with Gasteiger partial charge in [-0.2, -0.15) is 0 Å². The van der Waals surface area contributed by atoms with Crippen LogP contribution >= 0.6 is 23.2 Å². The molecule has 1 heterocycles. The van der Waals surface area contributed by atoms with E-state index >= 15 is 0 Å². The van der Waals surface area contributed by atoms with E-state index in [4.69, 9.17) is 28.2 Å². The molecule has 5 rings (SSSR count). The van der Waals surface area contributed by atoms with E-state index < -0.39 is 0 Å². The lowest BCUT2D eigenvalue weighted by atomic mass is 9.97. The first-order chi connectivity index (χ1) is 15.0. The highest BCUT2D eigenvalue weighted by atomic mass is 35.5. The van der Waals surface area contributed by atoms with Crippen molar-refractivity contribution in [3.05, 3.63) is 105 Å². The van der Waals surface area contributed by atoms with E-state index in [0.717, 1.165) is 56.3 Å². The first kappa shape index (κ1) is 19.9. The molecule has 0 amide bonds. The van der Waals surface area contributed by atoms with Crippen molar-refractivity contribution in [1.29, 1.82) is 0 Å². The summed E-state index contributed by atoms with van der Waals surface area (Å²) in [5.41, 5.74) is 9.75. The lowest BCUT2D eigenvalue weighted by Crippen LogP contribution is -2.28. The summed E-state index contributed by atoms with van der Waals surface area (Å²) in [5.74, 6) is 0. The van der Waals surface area contributed by atoms with Gasteiger partial charge in [-0.3, -0.25) is 0 Å². The van der Waals surface area contributed by atoms with Crippen LogP contribution in [0.4, 0.5) is 22.7 Å². The van der Waals surface area contributed by atoms with Crippen LogP contribution in [0, 0.1) is 13.8 Å². The first-order valence-electron chi connectivity index (χ1n) is 10.2. The van der Waals surface area contributed by atoms with Crippen LogP contribution in [0.5, 0.6) is 0 Å². The topological polar surface area (TPSA) is 27.6 Å². The Kier molecular flexibility index (Phi) is 5.09. The van der Waals surface area contributed by atoms with E-state index in [0.29, 0.717) is 0 Å². The molecule has 3 aromatic carbocycles. The molecule has 0 atom stereocenters. The molecule has 0 saturated carbocycles. The molecule has 0 saturated heterocycles. The fourth-order valence-electron chi connectivity index (χ4n) is 3.98. The van der Waals surface area contributed by atoms with Gasteiger partial charge in [0.1, 0.15) is 0 Å². The van der Waals surface area contributed by atoms with Crippen LogP contribution in [-0.4, -0.2) is 5.71 Å². The maximum atomic E-state index is 6.17. The fraction of sp³-hybridized carbons (Fsp3) is 0.115. The van der Waals surface area contributed by atoms with E-state index in [2.05, 4.69) is 60.5 Å². The number of anilines is 3. The van der Waals surface area contributed by atoms with Crippen molar-refractivity contribution in [2.45, 2.75) is 20.3 Å². The Morgan fingerprint density at radius 3 is 2.26 bits per heavy atom. The molecule has 0 fully saturated rings. The van der Waals surface area contributed by atoms with Gasteiger partial charge >= 0.3 is 0 Å². The van der Waals surface area contributed by atoms with Crippen LogP contribution in [0.15, 0.2) is 89.2 Å². The van der Waals surface area contributed by atoms with Gasteiger partial charge in [-0.05, 0) is 85.6 Å². The van der Waals surface area contributed by atoms with Crippen molar-refractivity contribution < 1.29 is 0 Å². The minimum absolute atomic E-state index is 0.725. The number of hydrogen-bond acceptors (Lipinski definition) is 3. The monoisotopic (exact) mass is 445 g/mol. The molecule has 3 nitrogen and oxygen atoms in total. The number of nitrogens with one attached hydrogen (secondary N) is 1. The van der Waals surface area contributed by atoms with Crippen molar-refractivity contribution in [1.82, 2.24) is 0 Å². The Bertz CT molecular complexity index is 1250. The van der Waals surface area contributed by atoms with Crippen LogP contribution in [0.2, 0.25) is 10.0 Å². The van der Waals surface area contributed by atoms with Crippen LogP contribution in [0.3, 0.4) is 0 Å². The molecule has 1 N–H and O–H groups in total. The van der Waals surface area contributed by atoms with E-state index in [1.54, 1.807) is 0 Å². The van der Waals surface area contributed by atoms with Gasteiger partial charge in [-0.1, -0.05) is 35.3 Å². The van der Waals surface area contributed by atoms with Crippen molar-refractivity contribution in [2.24, 2.45) is 4.99 Å². The zero-order valence-electron chi connectivity index (χ0n) is 17.3. The number of rotatable bonds is 3. The summed E-state index contributed by atoms with van der Waals surface area (Å²) in [6.45, 7) is 4.29. The maximum absolute atomic E-state index is 6.17. The normalized spacial score (nSPS) is 14.8. The molecule has 1 aliphatic carbocycles. The SMILES string of the molecule is Cc1ccc2c(c1C)N(c1ccc(Cl)cc1)C1=CCC(Nc3ccc(Cl)cc3)=CC1=N2. The zero-order valence-corrected chi connectivity index (χ0v) is 18.8. The third-order valence-corrected chi connectivity index (χ3v) is 6.21. The lowest BCUT2D eigenvalue weighted by Gasteiger charge is -2.35. The highest BCUT2D eigenvalue weighted by molar-refractivity contribution is 6.31. The van der Waals surface area contributed by atoms with Crippen LogP contribution in [0.25, 0.3) is 0 Å². The number of nitrogens with zero attached hydrogens (tertiary/aromatic N) is 2. The molecule has 31 heavy (non-hydrogen) atoms.